The van der Waals surface area contributed by atoms with Gasteiger partial charge in [0.2, 0.25) is 5.91 Å². The van der Waals surface area contributed by atoms with Crippen molar-refractivity contribution in [3.8, 4) is 0 Å². The number of nitrogens with one attached hydrogen (secondary N) is 1. The molecule has 4 aliphatic rings. The molecule has 1 amide bonds. The van der Waals surface area contributed by atoms with Gasteiger partial charge in [-0.1, -0.05) is 0 Å². The monoisotopic (exact) mass is 294 g/mol. The van der Waals surface area contributed by atoms with Crippen LogP contribution in [0.2, 0.25) is 0 Å². The Morgan fingerprint density at radius 3 is 2.10 bits per heavy atom. The molecule has 0 aromatic heterocycles. The van der Waals surface area contributed by atoms with Crippen LogP contribution in [0.25, 0.3) is 0 Å². The second kappa shape index (κ2) is 5.27. The van der Waals surface area contributed by atoms with Gasteiger partial charge in [0.15, 0.2) is 0 Å². The van der Waals surface area contributed by atoms with E-state index in [-0.39, 0.29) is 23.8 Å². The molecule has 0 aliphatic heterocycles. The topological polar surface area (TPSA) is 92.4 Å². The predicted molar refractivity (Wildman–Crippen MR) is 78.4 cm³/mol. The summed E-state index contributed by atoms with van der Waals surface area (Å²) in [6.07, 6.45) is 7.46. The molecule has 4 bridgehead atoms. The number of hydrogen-bond acceptors (Lipinski definition) is 3. The van der Waals surface area contributed by atoms with Crippen LogP contribution in [-0.4, -0.2) is 29.1 Å². The van der Waals surface area contributed by atoms with Crippen molar-refractivity contribution in [2.45, 2.75) is 64.0 Å². The molecule has 0 aromatic rings. The van der Waals surface area contributed by atoms with Crippen molar-refractivity contribution < 1.29 is 14.7 Å². The highest BCUT2D eigenvalue weighted by molar-refractivity contribution is 5.86. The summed E-state index contributed by atoms with van der Waals surface area (Å²) in [5.74, 6) is 1.16. The summed E-state index contributed by atoms with van der Waals surface area (Å²) in [4.78, 5) is 22.7. The fourth-order valence-electron chi connectivity index (χ4n) is 5.46. The molecule has 2 unspecified atom stereocenters. The van der Waals surface area contributed by atoms with Gasteiger partial charge in [0, 0.05) is 6.04 Å². The molecule has 4 fully saturated rings. The Kier molecular flexibility index (Phi) is 3.72. The number of carbonyl (C=O) groups is 2. The third-order valence-corrected chi connectivity index (χ3v) is 6.09. The lowest BCUT2D eigenvalue weighted by molar-refractivity contribution is -0.140. The van der Waals surface area contributed by atoms with Crippen LogP contribution >= 0.6 is 0 Å². The summed E-state index contributed by atoms with van der Waals surface area (Å²) in [6.45, 7) is 2.08. The van der Waals surface area contributed by atoms with E-state index in [2.05, 4.69) is 12.2 Å². The van der Waals surface area contributed by atoms with Crippen LogP contribution in [0, 0.1) is 23.2 Å². The maximum Gasteiger partial charge on any atom is 0.305 e. The first kappa shape index (κ1) is 14.8. The zero-order valence-corrected chi connectivity index (χ0v) is 12.7. The molecule has 118 valence electrons. The summed E-state index contributed by atoms with van der Waals surface area (Å²) >= 11 is 0. The number of amides is 1. The molecule has 21 heavy (non-hydrogen) atoms. The van der Waals surface area contributed by atoms with Gasteiger partial charge < -0.3 is 16.2 Å². The highest BCUT2D eigenvalue weighted by atomic mass is 16.4. The molecule has 0 radical (unpaired) electrons. The van der Waals surface area contributed by atoms with Crippen LogP contribution in [0.5, 0.6) is 0 Å². The van der Waals surface area contributed by atoms with Crippen molar-refractivity contribution in [1.29, 1.82) is 0 Å². The Morgan fingerprint density at radius 2 is 1.67 bits per heavy atom. The Bertz CT molecular complexity index is 414. The number of carboxylic acid groups (broad SMARTS) is 1. The second-order valence-electron chi connectivity index (χ2n) is 7.71. The summed E-state index contributed by atoms with van der Waals surface area (Å²) in [5, 5.41) is 11.8. The van der Waals surface area contributed by atoms with E-state index in [0.717, 1.165) is 17.8 Å². The minimum absolute atomic E-state index is 0.0956. The molecule has 4 saturated carbocycles. The van der Waals surface area contributed by atoms with Gasteiger partial charge in [-0.15, -0.1) is 0 Å². The number of carboxylic acids is 1. The van der Waals surface area contributed by atoms with Gasteiger partial charge in [-0.3, -0.25) is 9.59 Å². The number of rotatable bonds is 5. The first-order chi connectivity index (χ1) is 9.88. The van der Waals surface area contributed by atoms with Crippen molar-refractivity contribution in [2.75, 3.05) is 0 Å². The van der Waals surface area contributed by atoms with Crippen LogP contribution in [0.15, 0.2) is 0 Å². The molecular formula is C16H26N2O3. The van der Waals surface area contributed by atoms with Crippen molar-refractivity contribution in [2.24, 2.45) is 28.9 Å². The van der Waals surface area contributed by atoms with E-state index in [9.17, 15) is 9.59 Å². The predicted octanol–water partition coefficient (Wildman–Crippen LogP) is 1.51. The fourth-order valence-corrected chi connectivity index (χ4v) is 5.46. The van der Waals surface area contributed by atoms with E-state index >= 15 is 0 Å². The molecular weight excluding hydrogens is 268 g/mol. The van der Waals surface area contributed by atoms with E-state index in [4.69, 9.17) is 10.8 Å². The summed E-state index contributed by atoms with van der Waals surface area (Å²) in [7, 11) is 0. The molecule has 2 atom stereocenters. The highest BCUT2D eigenvalue weighted by Gasteiger charge is 2.53. The Labute approximate surface area is 125 Å². The number of aliphatic carboxylic acids is 1. The molecule has 5 nitrogen and oxygen atoms in total. The smallest absolute Gasteiger partial charge is 0.305 e. The lowest BCUT2D eigenvalue weighted by Gasteiger charge is -2.59. The van der Waals surface area contributed by atoms with E-state index in [1.165, 1.54) is 38.5 Å². The van der Waals surface area contributed by atoms with E-state index in [0.29, 0.717) is 0 Å². The van der Waals surface area contributed by atoms with Gasteiger partial charge in [-0.2, -0.15) is 0 Å². The number of nitrogens with two attached hydrogens (primary N) is 1. The quantitative estimate of drug-likeness (QED) is 0.716. The van der Waals surface area contributed by atoms with Crippen molar-refractivity contribution in [3.05, 3.63) is 0 Å². The van der Waals surface area contributed by atoms with Crippen molar-refractivity contribution >= 4 is 11.9 Å². The van der Waals surface area contributed by atoms with Crippen LogP contribution < -0.4 is 11.1 Å². The van der Waals surface area contributed by atoms with E-state index in [1.54, 1.807) is 0 Å². The highest BCUT2D eigenvalue weighted by Crippen LogP contribution is 2.61. The lowest BCUT2D eigenvalue weighted by atomic mass is 9.48. The number of hydrogen-bond donors (Lipinski definition) is 3. The van der Waals surface area contributed by atoms with Gasteiger partial charge in [0.25, 0.3) is 0 Å². The Hall–Kier alpha value is -1.10. The van der Waals surface area contributed by atoms with Crippen LogP contribution in [0.4, 0.5) is 0 Å². The largest absolute Gasteiger partial charge is 0.481 e. The standard InChI is InChI=1S/C16H26N2O3/c1-9(18-15(21)13(17)5-14(19)20)16-6-10-2-11(7-16)4-12(3-10)8-16/h9-13H,2-8,17H2,1H3,(H,18,21)(H,19,20). The van der Waals surface area contributed by atoms with Gasteiger partial charge in [0.1, 0.15) is 0 Å². The number of carbonyl (C=O) groups excluding carboxylic acids is 1. The third kappa shape index (κ3) is 2.80. The van der Waals surface area contributed by atoms with Crippen LogP contribution in [-0.2, 0) is 9.59 Å². The normalized spacial score (nSPS) is 39.8. The summed E-state index contributed by atoms with van der Waals surface area (Å²) < 4.78 is 0. The minimum atomic E-state index is -1.03. The third-order valence-electron chi connectivity index (χ3n) is 6.09. The molecule has 0 saturated heterocycles. The maximum absolute atomic E-state index is 12.1. The lowest BCUT2D eigenvalue weighted by Crippen LogP contribution is -2.57. The molecule has 4 aliphatic carbocycles. The van der Waals surface area contributed by atoms with Crippen molar-refractivity contribution in [1.82, 2.24) is 5.32 Å². The van der Waals surface area contributed by atoms with Crippen LogP contribution in [0.3, 0.4) is 0 Å². The Balaban J connectivity index is 1.64. The van der Waals surface area contributed by atoms with Crippen molar-refractivity contribution in [3.63, 3.8) is 0 Å². The molecule has 4 N–H and O–H groups in total. The maximum atomic E-state index is 12.1. The van der Waals surface area contributed by atoms with E-state index in [1.807, 2.05) is 0 Å². The molecule has 4 rings (SSSR count). The van der Waals surface area contributed by atoms with Gasteiger partial charge in [-0.25, -0.2) is 0 Å². The zero-order valence-electron chi connectivity index (χ0n) is 12.7. The first-order valence-electron chi connectivity index (χ1n) is 8.16. The van der Waals surface area contributed by atoms with Gasteiger partial charge >= 0.3 is 5.97 Å². The van der Waals surface area contributed by atoms with E-state index < -0.39 is 12.0 Å². The molecule has 0 aromatic carbocycles. The molecule has 0 spiro atoms. The minimum Gasteiger partial charge on any atom is -0.481 e. The zero-order chi connectivity index (χ0) is 15.2. The molecule has 0 heterocycles. The SMILES string of the molecule is CC(NC(=O)C(N)CC(=O)O)C12CC3CC(CC(C3)C1)C2. The fraction of sp³-hybridized carbons (Fsp3) is 0.875. The molecule has 5 heteroatoms. The van der Waals surface area contributed by atoms with Gasteiger partial charge in [-0.05, 0) is 68.6 Å². The van der Waals surface area contributed by atoms with Crippen LogP contribution in [0.1, 0.15) is 51.9 Å². The average Bonchev–Trinajstić information content (AvgIpc) is 2.35. The first-order valence-corrected chi connectivity index (χ1v) is 8.16. The second-order valence-corrected chi connectivity index (χ2v) is 7.71. The summed E-state index contributed by atoms with van der Waals surface area (Å²) in [6, 6.07) is -0.850. The summed E-state index contributed by atoms with van der Waals surface area (Å²) in [5.41, 5.74) is 5.89. The van der Waals surface area contributed by atoms with Gasteiger partial charge in [0.05, 0.1) is 12.5 Å². The Morgan fingerprint density at radius 1 is 1.19 bits per heavy atom. The average molecular weight is 294 g/mol.